The Labute approximate surface area is 460 Å². The standard InChI is InChI=1S/C28H28Cl2N4O2S.C24H25Cl2NO2S.C5H6N2O/c1-20-27(32-19-31-20)18-34-23(12-11-21-7-3-2-4-8-21)17-33(16-22-9-5-6-10-28(22)34)37(35,36)24-13-14-25(29)26(30)15-24;25-23-13-12-22(15-24(23)26)30(28,29)27-16-19(11-10-18-6-2-1-3-7-18)14-20-8-4-5-9-21(20)17-27;1-4-5(2-8)7-3-6-4/h2-10,13-15,19,23H,11-12,16-18H2,1H3,(H,31,32);2,4-9,12-13,15,19H,1,3,10-11,14,16-17H2;2-3H,1H3,(H,6,7). The summed E-state index contributed by atoms with van der Waals surface area (Å²) in [6, 6.07) is 35.4. The molecule has 1 aliphatic carbocycles. The van der Waals surface area contributed by atoms with Gasteiger partial charge in [-0.2, -0.15) is 8.61 Å². The van der Waals surface area contributed by atoms with Gasteiger partial charge in [-0.05, 0) is 129 Å². The van der Waals surface area contributed by atoms with E-state index in [0.717, 1.165) is 85.1 Å². The molecule has 10 rings (SSSR count). The first-order valence-corrected chi connectivity index (χ1v) is 29.1. The molecular formula is C57H59Cl4N7O5S2. The molecule has 2 atom stereocenters. The van der Waals surface area contributed by atoms with Crippen LogP contribution in [0.4, 0.5) is 5.69 Å². The van der Waals surface area contributed by atoms with Crippen LogP contribution in [0.1, 0.15) is 81.9 Å². The molecule has 392 valence electrons. The molecule has 2 aromatic heterocycles. The van der Waals surface area contributed by atoms with Gasteiger partial charge in [0, 0.05) is 49.3 Å². The van der Waals surface area contributed by atoms with Crippen LogP contribution in [-0.4, -0.2) is 70.8 Å². The molecule has 7 aromatic rings. The van der Waals surface area contributed by atoms with Gasteiger partial charge >= 0.3 is 0 Å². The second kappa shape index (κ2) is 25.5. The van der Waals surface area contributed by atoms with Crippen molar-refractivity contribution in [3.05, 3.63) is 217 Å². The van der Waals surface area contributed by atoms with Gasteiger partial charge < -0.3 is 14.9 Å². The van der Waals surface area contributed by atoms with Gasteiger partial charge in [0.25, 0.3) is 0 Å². The molecule has 2 N–H and O–H groups in total. The summed E-state index contributed by atoms with van der Waals surface area (Å²) in [4.78, 5) is 26.8. The summed E-state index contributed by atoms with van der Waals surface area (Å²) in [5, 5.41) is 1.14. The van der Waals surface area contributed by atoms with Crippen molar-refractivity contribution in [3.8, 4) is 0 Å². The number of fused-ring (bicyclic) bond motifs is 2. The normalized spacial score (nSPS) is 17.0. The van der Waals surface area contributed by atoms with Crippen molar-refractivity contribution >= 4 is 78.4 Å². The number of para-hydroxylation sites is 1. The number of nitrogens with one attached hydrogen (secondary N) is 2. The number of allylic oxidation sites excluding steroid dienone is 4. The second-order valence-electron chi connectivity index (χ2n) is 18.8. The highest BCUT2D eigenvalue weighted by Crippen LogP contribution is 2.36. The summed E-state index contributed by atoms with van der Waals surface area (Å²) in [7, 11) is -7.52. The number of benzene rings is 5. The van der Waals surface area contributed by atoms with Crippen LogP contribution in [0.15, 0.2) is 162 Å². The SMILES string of the molecule is Cc1[nH]cnc1C=O.Cc1[nH]cnc1CN1c2ccccc2CN(S(=O)(=O)c2ccc(Cl)c(Cl)c2)CC1CCc1ccccc1.O=S(=O)(c1ccc(Cl)c(Cl)c1)N1Cc2ccccc2CC(CCC2=CCCC=C2)C1. The maximum absolute atomic E-state index is 13.9. The molecule has 0 bridgehead atoms. The van der Waals surface area contributed by atoms with E-state index in [1.807, 2.05) is 61.5 Å². The molecule has 4 heterocycles. The Kier molecular flexibility index (Phi) is 18.9. The number of hydrogen-bond acceptors (Lipinski definition) is 8. The number of nitrogens with zero attached hydrogens (tertiary/aromatic N) is 5. The maximum atomic E-state index is 13.9. The number of imidazole rings is 2. The molecule has 75 heavy (non-hydrogen) atoms. The largest absolute Gasteiger partial charge is 0.361 e. The average molecular weight is 1130 g/mol. The number of carbonyl (C=O) groups is 1. The highest BCUT2D eigenvalue weighted by Gasteiger charge is 2.36. The zero-order valence-corrected chi connectivity index (χ0v) is 46.3. The van der Waals surface area contributed by atoms with Crippen molar-refractivity contribution in [2.75, 3.05) is 18.0 Å². The predicted octanol–water partition coefficient (Wildman–Crippen LogP) is 13.2. The van der Waals surface area contributed by atoms with Gasteiger partial charge in [0.15, 0.2) is 6.29 Å². The monoisotopic (exact) mass is 1130 g/mol. The van der Waals surface area contributed by atoms with Crippen LogP contribution in [0.3, 0.4) is 0 Å². The minimum atomic E-state index is -3.84. The number of rotatable bonds is 13. The highest BCUT2D eigenvalue weighted by molar-refractivity contribution is 7.89. The van der Waals surface area contributed by atoms with Gasteiger partial charge in [0.05, 0.1) is 54.8 Å². The molecule has 12 nitrogen and oxygen atoms in total. The number of carbonyl (C=O) groups excluding carboxylic acids is 1. The van der Waals surface area contributed by atoms with Crippen molar-refractivity contribution < 1.29 is 21.6 Å². The summed E-state index contributed by atoms with van der Waals surface area (Å²) < 4.78 is 57.9. The number of aryl methyl sites for hydroxylation is 3. The number of halogens is 4. The van der Waals surface area contributed by atoms with Crippen molar-refractivity contribution in [2.24, 2.45) is 5.92 Å². The van der Waals surface area contributed by atoms with E-state index in [-0.39, 0.29) is 38.3 Å². The lowest BCUT2D eigenvalue weighted by Gasteiger charge is -2.34. The Balaban J connectivity index is 0.000000176. The molecule has 0 saturated carbocycles. The first-order chi connectivity index (χ1) is 36.1. The van der Waals surface area contributed by atoms with Gasteiger partial charge in [-0.3, -0.25) is 4.79 Å². The van der Waals surface area contributed by atoms with Crippen LogP contribution in [0.5, 0.6) is 0 Å². The third-order valence-corrected chi connectivity index (χ3v) is 18.8. The fourth-order valence-electron chi connectivity index (χ4n) is 9.53. The van der Waals surface area contributed by atoms with Crippen LogP contribution in [0.25, 0.3) is 0 Å². The number of hydrogen-bond donors (Lipinski definition) is 2. The van der Waals surface area contributed by atoms with E-state index in [1.165, 1.54) is 53.4 Å². The van der Waals surface area contributed by atoms with E-state index < -0.39 is 20.0 Å². The molecule has 0 fully saturated rings. The van der Waals surface area contributed by atoms with E-state index in [9.17, 15) is 21.6 Å². The molecule has 0 saturated heterocycles. The van der Waals surface area contributed by atoms with Gasteiger partial charge in [-0.1, -0.05) is 143 Å². The Morgan fingerprint density at radius 3 is 1.83 bits per heavy atom. The Hall–Kier alpha value is -5.55. The molecule has 0 radical (unpaired) electrons. The van der Waals surface area contributed by atoms with E-state index in [2.05, 4.69) is 67.3 Å². The third kappa shape index (κ3) is 14.1. The molecular weight excluding hydrogens is 1070 g/mol. The summed E-state index contributed by atoms with van der Waals surface area (Å²) in [6.07, 6.45) is 17.3. The number of aromatic amines is 2. The number of H-pyrrole nitrogens is 2. The van der Waals surface area contributed by atoms with Crippen LogP contribution < -0.4 is 4.90 Å². The highest BCUT2D eigenvalue weighted by atomic mass is 35.5. The van der Waals surface area contributed by atoms with E-state index in [1.54, 1.807) is 27.9 Å². The Morgan fingerprint density at radius 1 is 0.640 bits per heavy atom. The minimum Gasteiger partial charge on any atom is -0.361 e. The first kappa shape index (κ1) is 55.7. The average Bonchev–Trinajstić information content (AvgIpc) is 3.92. The molecule has 0 spiro atoms. The number of aldehydes is 1. The topological polar surface area (TPSA) is 152 Å². The van der Waals surface area contributed by atoms with Crippen molar-refractivity contribution in [1.29, 1.82) is 0 Å². The number of anilines is 1. The van der Waals surface area contributed by atoms with Gasteiger partial charge in [-0.15, -0.1) is 0 Å². The van der Waals surface area contributed by atoms with Crippen LogP contribution in [-0.2, 0) is 52.5 Å². The fraction of sp³-hybridized carbons (Fsp3) is 0.281. The quantitative estimate of drug-likeness (QED) is 0.108. The Bertz CT molecular complexity index is 3380. The van der Waals surface area contributed by atoms with E-state index in [0.29, 0.717) is 41.9 Å². The Morgan fingerprint density at radius 2 is 1.24 bits per heavy atom. The van der Waals surface area contributed by atoms with E-state index in [4.69, 9.17) is 46.4 Å². The zero-order valence-electron chi connectivity index (χ0n) is 41.7. The van der Waals surface area contributed by atoms with Gasteiger partial charge in [0.1, 0.15) is 5.69 Å². The first-order valence-electron chi connectivity index (χ1n) is 24.8. The lowest BCUT2D eigenvalue weighted by Crippen LogP contribution is -2.43. The summed E-state index contributed by atoms with van der Waals surface area (Å²) in [6.45, 7) is 5.84. The lowest BCUT2D eigenvalue weighted by atomic mass is 9.91. The van der Waals surface area contributed by atoms with Crippen molar-refractivity contribution in [3.63, 3.8) is 0 Å². The fourth-order valence-corrected chi connectivity index (χ4v) is 13.3. The molecule has 2 aliphatic heterocycles. The minimum absolute atomic E-state index is 0.0856. The lowest BCUT2D eigenvalue weighted by molar-refractivity contribution is 0.111. The molecule has 18 heteroatoms. The van der Waals surface area contributed by atoms with Crippen molar-refractivity contribution in [2.45, 2.75) is 94.3 Å². The predicted molar refractivity (Wildman–Crippen MR) is 301 cm³/mol. The second-order valence-corrected chi connectivity index (χ2v) is 24.3. The summed E-state index contributed by atoms with van der Waals surface area (Å²) in [5.41, 5.74) is 10.1. The number of sulfonamides is 2. The molecule has 2 unspecified atom stereocenters. The zero-order chi connectivity index (χ0) is 53.1. The summed E-state index contributed by atoms with van der Waals surface area (Å²) in [5.74, 6) is 0.252. The molecule has 3 aliphatic rings. The maximum Gasteiger partial charge on any atom is 0.243 e. The van der Waals surface area contributed by atoms with E-state index >= 15 is 0 Å². The van der Waals surface area contributed by atoms with Gasteiger partial charge in [0.2, 0.25) is 20.0 Å². The molecule has 0 amide bonds. The third-order valence-electron chi connectivity index (χ3n) is 13.8. The van der Waals surface area contributed by atoms with Gasteiger partial charge in [-0.25, -0.2) is 26.8 Å². The van der Waals surface area contributed by atoms with Crippen LogP contribution in [0.2, 0.25) is 20.1 Å². The molecule has 5 aromatic carbocycles. The van der Waals surface area contributed by atoms with Crippen LogP contribution in [0, 0.1) is 19.8 Å². The van der Waals surface area contributed by atoms with Crippen molar-refractivity contribution in [1.82, 2.24) is 28.5 Å². The smallest absolute Gasteiger partial charge is 0.243 e. The van der Waals surface area contributed by atoms with Crippen LogP contribution >= 0.6 is 46.4 Å². The summed E-state index contributed by atoms with van der Waals surface area (Å²) >= 11 is 24.4. The number of aromatic nitrogens is 4.